The highest BCUT2D eigenvalue weighted by Gasteiger charge is 2.44. The molecule has 0 saturated carbocycles. The third kappa shape index (κ3) is 7.72. The van der Waals surface area contributed by atoms with Gasteiger partial charge in [0.05, 0.1) is 6.61 Å². The Morgan fingerprint density at radius 3 is 1.50 bits per heavy atom. The SMILES string of the molecule is NCCO.O=S(=O)(O)C(F)(F)F. The summed E-state index contributed by atoms with van der Waals surface area (Å²) in [5, 5.41) is 7.75. The van der Waals surface area contributed by atoms with E-state index in [4.69, 9.17) is 23.8 Å². The van der Waals surface area contributed by atoms with Crippen molar-refractivity contribution in [1.29, 1.82) is 0 Å². The number of alkyl halides is 3. The maximum absolute atomic E-state index is 10.7. The van der Waals surface area contributed by atoms with Crippen LogP contribution in [0.3, 0.4) is 0 Å². The van der Waals surface area contributed by atoms with Gasteiger partial charge in [0.1, 0.15) is 0 Å². The molecule has 12 heavy (non-hydrogen) atoms. The molecular formula is C3H8F3NO4S. The Morgan fingerprint density at radius 2 is 1.50 bits per heavy atom. The van der Waals surface area contributed by atoms with Crippen LogP contribution in [0.1, 0.15) is 0 Å². The van der Waals surface area contributed by atoms with Gasteiger partial charge in [0.2, 0.25) is 0 Å². The molecule has 0 aromatic carbocycles. The van der Waals surface area contributed by atoms with E-state index in [1.54, 1.807) is 0 Å². The van der Waals surface area contributed by atoms with E-state index < -0.39 is 15.6 Å². The van der Waals surface area contributed by atoms with E-state index >= 15 is 0 Å². The summed E-state index contributed by atoms with van der Waals surface area (Å²) >= 11 is 0. The fourth-order valence-corrected chi connectivity index (χ4v) is 0. The van der Waals surface area contributed by atoms with Crippen LogP contribution in [0.4, 0.5) is 13.2 Å². The number of hydrogen-bond acceptors (Lipinski definition) is 4. The average molecular weight is 211 g/mol. The third-order valence-corrected chi connectivity index (χ3v) is 1.01. The van der Waals surface area contributed by atoms with Crippen molar-refractivity contribution in [2.24, 2.45) is 5.73 Å². The van der Waals surface area contributed by atoms with Gasteiger partial charge in [-0.3, -0.25) is 4.55 Å². The van der Waals surface area contributed by atoms with Crippen LogP contribution in [-0.2, 0) is 10.1 Å². The summed E-state index contributed by atoms with van der Waals surface area (Å²) in [6.07, 6.45) is 0. The second kappa shape index (κ2) is 5.30. The molecule has 0 fully saturated rings. The number of nitrogens with two attached hydrogens (primary N) is 1. The number of aliphatic hydroxyl groups is 1. The molecule has 0 unspecified atom stereocenters. The molecule has 5 nitrogen and oxygen atoms in total. The first-order chi connectivity index (χ1) is 5.16. The Balaban J connectivity index is 0. The van der Waals surface area contributed by atoms with E-state index in [1.165, 1.54) is 0 Å². The smallest absolute Gasteiger partial charge is 0.395 e. The molecule has 4 N–H and O–H groups in total. The van der Waals surface area contributed by atoms with E-state index in [0.717, 1.165) is 0 Å². The molecule has 76 valence electrons. The van der Waals surface area contributed by atoms with E-state index in [1.807, 2.05) is 0 Å². The van der Waals surface area contributed by atoms with Crippen LogP contribution in [0.2, 0.25) is 0 Å². The molecule has 0 aliphatic rings. The van der Waals surface area contributed by atoms with Gasteiger partial charge in [0.15, 0.2) is 0 Å². The number of aliphatic hydroxyl groups excluding tert-OH is 1. The van der Waals surface area contributed by atoms with Crippen molar-refractivity contribution in [3.8, 4) is 0 Å². The van der Waals surface area contributed by atoms with Crippen LogP contribution in [-0.4, -0.2) is 36.7 Å². The molecule has 0 radical (unpaired) electrons. The lowest BCUT2D eigenvalue weighted by Gasteiger charge is -1.97. The fourth-order valence-electron chi connectivity index (χ4n) is 0. The van der Waals surface area contributed by atoms with Crippen molar-refractivity contribution in [3.63, 3.8) is 0 Å². The summed E-state index contributed by atoms with van der Waals surface area (Å²) in [6, 6.07) is 0. The Kier molecular flexibility index (Phi) is 6.25. The van der Waals surface area contributed by atoms with Crippen LogP contribution in [0, 0.1) is 0 Å². The Bertz CT molecular complexity index is 196. The number of hydrogen-bond donors (Lipinski definition) is 3. The summed E-state index contributed by atoms with van der Waals surface area (Å²) in [4.78, 5) is 0. The molecule has 0 aromatic heterocycles. The lowest BCUT2D eigenvalue weighted by atomic mass is 10.8. The standard InChI is InChI=1S/C2H7NO.CHF3O3S/c3-1-2-4;2-1(3,4)8(5,6)7/h4H,1-3H2;(H,5,6,7). The maximum Gasteiger partial charge on any atom is 0.522 e. The Labute approximate surface area is 66.7 Å². The predicted octanol–water partition coefficient (Wildman–Crippen LogP) is -0.669. The zero-order valence-electron chi connectivity index (χ0n) is 5.74. The van der Waals surface area contributed by atoms with Gasteiger partial charge < -0.3 is 10.8 Å². The highest BCUT2D eigenvalue weighted by Crippen LogP contribution is 2.20. The fraction of sp³-hybridized carbons (Fsp3) is 1.00. The summed E-state index contributed by atoms with van der Waals surface area (Å²) in [7, 11) is -5.84. The lowest BCUT2D eigenvalue weighted by molar-refractivity contribution is -0.0510. The van der Waals surface area contributed by atoms with Crippen LogP contribution in [0.25, 0.3) is 0 Å². The van der Waals surface area contributed by atoms with Crippen molar-refractivity contribution in [3.05, 3.63) is 0 Å². The Hall–Kier alpha value is -0.380. The first-order valence-electron chi connectivity index (χ1n) is 2.51. The van der Waals surface area contributed by atoms with Gasteiger partial charge in [0.25, 0.3) is 0 Å². The molecule has 0 bridgehead atoms. The monoisotopic (exact) mass is 211 g/mol. The van der Waals surface area contributed by atoms with Crippen LogP contribution in [0.5, 0.6) is 0 Å². The third-order valence-electron chi connectivity index (χ3n) is 0.422. The second-order valence-electron chi connectivity index (χ2n) is 1.43. The normalized spacial score (nSPS) is 11.8. The van der Waals surface area contributed by atoms with E-state index in [-0.39, 0.29) is 6.61 Å². The maximum atomic E-state index is 10.7. The summed E-state index contributed by atoms with van der Waals surface area (Å²) in [5.41, 5.74) is -0.757. The molecule has 0 aliphatic heterocycles. The minimum Gasteiger partial charge on any atom is -0.395 e. The average Bonchev–Trinajstić information content (AvgIpc) is 1.84. The molecule has 0 amide bonds. The molecule has 0 aromatic rings. The van der Waals surface area contributed by atoms with Crippen LogP contribution in [0.15, 0.2) is 0 Å². The largest absolute Gasteiger partial charge is 0.522 e. The van der Waals surface area contributed by atoms with Crippen molar-refractivity contribution >= 4 is 10.1 Å². The van der Waals surface area contributed by atoms with E-state index in [2.05, 4.69) is 0 Å². The summed E-state index contributed by atoms with van der Waals surface area (Å²) < 4.78 is 57.5. The number of halogens is 3. The summed E-state index contributed by atoms with van der Waals surface area (Å²) in [5.74, 6) is 0. The minimum atomic E-state index is -5.84. The molecule has 0 saturated heterocycles. The topological polar surface area (TPSA) is 101 Å². The Morgan fingerprint density at radius 1 is 1.33 bits per heavy atom. The quantitative estimate of drug-likeness (QED) is 0.394. The van der Waals surface area contributed by atoms with Crippen LogP contribution >= 0.6 is 0 Å². The molecular weight excluding hydrogens is 203 g/mol. The van der Waals surface area contributed by atoms with Crippen molar-refractivity contribution in [2.75, 3.05) is 13.2 Å². The molecule has 0 heterocycles. The van der Waals surface area contributed by atoms with Gasteiger partial charge in [-0.1, -0.05) is 0 Å². The highest BCUT2D eigenvalue weighted by atomic mass is 32.2. The van der Waals surface area contributed by atoms with Crippen molar-refractivity contribution in [2.45, 2.75) is 5.51 Å². The van der Waals surface area contributed by atoms with Gasteiger partial charge >= 0.3 is 15.6 Å². The highest BCUT2D eigenvalue weighted by molar-refractivity contribution is 7.86. The zero-order valence-corrected chi connectivity index (χ0v) is 6.56. The van der Waals surface area contributed by atoms with Gasteiger partial charge in [-0.25, -0.2) is 0 Å². The van der Waals surface area contributed by atoms with Gasteiger partial charge in [-0.15, -0.1) is 0 Å². The van der Waals surface area contributed by atoms with E-state index in [0.29, 0.717) is 6.54 Å². The predicted molar refractivity (Wildman–Crippen MR) is 33.7 cm³/mol. The first-order valence-corrected chi connectivity index (χ1v) is 3.95. The number of rotatable bonds is 1. The van der Waals surface area contributed by atoms with Crippen LogP contribution < -0.4 is 5.73 Å². The van der Waals surface area contributed by atoms with Gasteiger partial charge in [-0.2, -0.15) is 21.6 Å². The van der Waals surface area contributed by atoms with E-state index in [9.17, 15) is 13.2 Å². The van der Waals surface area contributed by atoms with Crippen molar-refractivity contribution < 1.29 is 31.2 Å². The second-order valence-corrected chi connectivity index (χ2v) is 2.85. The molecule has 0 rings (SSSR count). The molecule has 0 atom stereocenters. The lowest BCUT2D eigenvalue weighted by Crippen LogP contribution is -2.21. The molecule has 9 heteroatoms. The van der Waals surface area contributed by atoms with Gasteiger partial charge in [-0.05, 0) is 0 Å². The summed E-state index contributed by atoms with van der Waals surface area (Å²) in [6.45, 7) is 0.472. The van der Waals surface area contributed by atoms with Crippen molar-refractivity contribution in [1.82, 2.24) is 0 Å². The minimum absolute atomic E-state index is 0.0972. The zero-order chi connectivity index (χ0) is 10.4. The van der Waals surface area contributed by atoms with Gasteiger partial charge in [0, 0.05) is 6.54 Å². The first kappa shape index (κ1) is 14.2. The molecule has 0 aliphatic carbocycles. The molecule has 0 spiro atoms.